The van der Waals surface area contributed by atoms with E-state index in [-0.39, 0.29) is 17.9 Å². The average Bonchev–Trinajstić information content (AvgIpc) is 3.16. The molecule has 1 aliphatic rings. The average molecular weight is 248 g/mol. The van der Waals surface area contributed by atoms with Gasteiger partial charge in [0.1, 0.15) is 0 Å². The van der Waals surface area contributed by atoms with E-state index in [1.54, 1.807) is 6.20 Å². The monoisotopic (exact) mass is 248 g/mol. The topological polar surface area (TPSA) is 62.2 Å². The Morgan fingerprint density at radius 3 is 2.89 bits per heavy atom. The van der Waals surface area contributed by atoms with Crippen molar-refractivity contribution in [1.29, 1.82) is 0 Å². The summed E-state index contributed by atoms with van der Waals surface area (Å²) in [6.07, 6.45) is 5.94. The Morgan fingerprint density at radius 1 is 1.44 bits per heavy atom. The van der Waals surface area contributed by atoms with Crippen molar-refractivity contribution in [3.05, 3.63) is 30.1 Å². The molecule has 98 valence electrons. The van der Waals surface area contributed by atoms with Gasteiger partial charge >= 0.3 is 0 Å². The Bertz CT molecular complexity index is 388. The second kappa shape index (κ2) is 5.96. The third-order valence-corrected chi connectivity index (χ3v) is 3.59. The van der Waals surface area contributed by atoms with Crippen LogP contribution in [-0.2, 0) is 11.2 Å². The number of nitrogens with one attached hydrogen (secondary N) is 1. The number of carbonyl (C=O) groups excluding carboxylic acids is 1. The number of hydrogen-bond acceptors (Lipinski definition) is 3. The van der Waals surface area contributed by atoms with Crippen LogP contribution >= 0.6 is 0 Å². The van der Waals surface area contributed by atoms with Gasteiger partial charge in [-0.1, -0.05) is 6.07 Å². The van der Waals surface area contributed by atoms with Crippen LogP contribution in [0.5, 0.6) is 0 Å². The van der Waals surface area contributed by atoms with Gasteiger partial charge in [0, 0.05) is 31.5 Å². The van der Waals surface area contributed by atoms with E-state index in [0.29, 0.717) is 19.4 Å². The van der Waals surface area contributed by atoms with Crippen LogP contribution in [-0.4, -0.2) is 29.1 Å². The molecule has 1 aliphatic carbocycles. The second-order valence-corrected chi connectivity index (χ2v) is 5.07. The summed E-state index contributed by atoms with van der Waals surface area (Å²) in [5.74, 6) is 0.0740. The summed E-state index contributed by atoms with van der Waals surface area (Å²) >= 11 is 0. The summed E-state index contributed by atoms with van der Waals surface area (Å²) < 4.78 is 0. The highest BCUT2D eigenvalue weighted by Gasteiger charge is 2.41. The van der Waals surface area contributed by atoms with Crippen molar-refractivity contribution in [1.82, 2.24) is 10.3 Å². The molecule has 4 nitrogen and oxygen atoms in total. The third-order valence-electron chi connectivity index (χ3n) is 3.59. The molecule has 1 aromatic heterocycles. The minimum absolute atomic E-state index is 0.0740. The van der Waals surface area contributed by atoms with Crippen molar-refractivity contribution in [2.45, 2.75) is 32.1 Å². The fourth-order valence-electron chi connectivity index (χ4n) is 2.09. The quantitative estimate of drug-likeness (QED) is 0.764. The highest BCUT2D eigenvalue weighted by molar-refractivity contribution is 5.76. The molecule has 1 saturated carbocycles. The molecule has 2 rings (SSSR count). The summed E-state index contributed by atoms with van der Waals surface area (Å²) in [7, 11) is 0. The minimum atomic E-state index is 0.0740. The molecule has 0 saturated heterocycles. The van der Waals surface area contributed by atoms with Crippen LogP contribution in [0.4, 0.5) is 0 Å². The standard InChI is InChI=1S/C14H20N2O2/c17-10-8-14(6-7-14)11-16-13(18)5-4-12-3-1-2-9-15-12/h1-3,9,17H,4-8,10-11H2,(H,16,18). The Balaban J connectivity index is 1.67. The molecule has 0 spiro atoms. The van der Waals surface area contributed by atoms with Crippen molar-refractivity contribution in [2.75, 3.05) is 13.2 Å². The van der Waals surface area contributed by atoms with Gasteiger partial charge < -0.3 is 10.4 Å². The molecule has 1 amide bonds. The first kappa shape index (κ1) is 13.0. The number of pyridine rings is 1. The lowest BCUT2D eigenvalue weighted by molar-refractivity contribution is -0.121. The number of hydrogen-bond donors (Lipinski definition) is 2. The zero-order chi connectivity index (χ0) is 12.8. The number of rotatable bonds is 7. The molecule has 1 aromatic rings. The Hall–Kier alpha value is -1.42. The molecule has 1 heterocycles. The smallest absolute Gasteiger partial charge is 0.220 e. The number of nitrogens with zero attached hydrogens (tertiary/aromatic N) is 1. The molecular formula is C14H20N2O2. The summed E-state index contributed by atoms with van der Waals surface area (Å²) in [6, 6.07) is 5.73. The number of aromatic nitrogens is 1. The van der Waals surface area contributed by atoms with Crippen LogP contribution < -0.4 is 5.32 Å². The van der Waals surface area contributed by atoms with Gasteiger partial charge in [0.25, 0.3) is 0 Å². The maximum atomic E-state index is 11.7. The third kappa shape index (κ3) is 3.81. The van der Waals surface area contributed by atoms with Crippen molar-refractivity contribution in [3.63, 3.8) is 0 Å². The van der Waals surface area contributed by atoms with Gasteiger partial charge in [-0.2, -0.15) is 0 Å². The molecule has 0 aromatic carbocycles. The van der Waals surface area contributed by atoms with Crippen LogP contribution in [0.1, 0.15) is 31.4 Å². The Kier molecular flexibility index (Phi) is 4.31. The molecule has 1 fully saturated rings. The summed E-state index contributed by atoms with van der Waals surface area (Å²) in [5, 5.41) is 11.9. The van der Waals surface area contributed by atoms with Gasteiger partial charge in [0.05, 0.1) is 0 Å². The van der Waals surface area contributed by atoms with Gasteiger partial charge in [-0.3, -0.25) is 9.78 Å². The molecule has 0 unspecified atom stereocenters. The molecule has 0 bridgehead atoms. The molecule has 18 heavy (non-hydrogen) atoms. The van der Waals surface area contributed by atoms with Gasteiger partial charge in [0.2, 0.25) is 5.91 Å². The van der Waals surface area contributed by atoms with E-state index in [2.05, 4.69) is 10.3 Å². The minimum Gasteiger partial charge on any atom is -0.396 e. The summed E-state index contributed by atoms with van der Waals surface area (Å²) in [6.45, 7) is 0.915. The van der Waals surface area contributed by atoms with E-state index < -0.39 is 0 Å². The highest BCUT2D eigenvalue weighted by Crippen LogP contribution is 2.47. The van der Waals surface area contributed by atoms with E-state index >= 15 is 0 Å². The lowest BCUT2D eigenvalue weighted by Crippen LogP contribution is -2.30. The number of aliphatic hydroxyl groups is 1. The van der Waals surface area contributed by atoms with Gasteiger partial charge in [-0.05, 0) is 43.2 Å². The summed E-state index contributed by atoms with van der Waals surface area (Å²) in [4.78, 5) is 15.9. The Labute approximate surface area is 107 Å². The molecule has 0 aliphatic heterocycles. The largest absolute Gasteiger partial charge is 0.396 e. The van der Waals surface area contributed by atoms with E-state index in [1.807, 2.05) is 18.2 Å². The number of carbonyl (C=O) groups is 1. The van der Waals surface area contributed by atoms with E-state index in [0.717, 1.165) is 25.0 Å². The van der Waals surface area contributed by atoms with Crippen LogP contribution in [0.25, 0.3) is 0 Å². The number of amides is 1. The second-order valence-electron chi connectivity index (χ2n) is 5.07. The predicted octanol–water partition coefficient (Wildman–Crippen LogP) is 1.29. The van der Waals surface area contributed by atoms with Crippen LogP contribution in [0.3, 0.4) is 0 Å². The summed E-state index contributed by atoms with van der Waals surface area (Å²) in [5.41, 5.74) is 1.14. The maximum absolute atomic E-state index is 11.7. The predicted molar refractivity (Wildman–Crippen MR) is 68.9 cm³/mol. The fourth-order valence-corrected chi connectivity index (χ4v) is 2.09. The highest BCUT2D eigenvalue weighted by atomic mass is 16.3. The zero-order valence-electron chi connectivity index (χ0n) is 10.6. The Morgan fingerprint density at radius 2 is 2.28 bits per heavy atom. The SMILES string of the molecule is O=C(CCc1ccccn1)NCC1(CCO)CC1. The van der Waals surface area contributed by atoms with Crippen LogP contribution in [0, 0.1) is 5.41 Å². The lowest BCUT2D eigenvalue weighted by Gasteiger charge is -2.14. The fraction of sp³-hybridized carbons (Fsp3) is 0.571. The van der Waals surface area contributed by atoms with E-state index in [9.17, 15) is 4.79 Å². The van der Waals surface area contributed by atoms with Crippen LogP contribution in [0.15, 0.2) is 24.4 Å². The van der Waals surface area contributed by atoms with Crippen molar-refractivity contribution in [2.24, 2.45) is 5.41 Å². The van der Waals surface area contributed by atoms with Crippen molar-refractivity contribution < 1.29 is 9.90 Å². The lowest BCUT2D eigenvalue weighted by atomic mass is 10.0. The number of aryl methyl sites for hydroxylation is 1. The van der Waals surface area contributed by atoms with Gasteiger partial charge in [-0.25, -0.2) is 0 Å². The molecule has 0 radical (unpaired) electrons. The van der Waals surface area contributed by atoms with E-state index in [4.69, 9.17) is 5.11 Å². The van der Waals surface area contributed by atoms with Crippen LogP contribution in [0.2, 0.25) is 0 Å². The first-order chi connectivity index (χ1) is 8.74. The molecule has 4 heteroatoms. The van der Waals surface area contributed by atoms with Gasteiger partial charge in [0.15, 0.2) is 0 Å². The zero-order valence-corrected chi connectivity index (χ0v) is 10.6. The maximum Gasteiger partial charge on any atom is 0.220 e. The first-order valence-electron chi connectivity index (χ1n) is 6.52. The molecule has 2 N–H and O–H groups in total. The van der Waals surface area contributed by atoms with E-state index in [1.165, 1.54) is 0 Å². The van der Waals surface area contributed by atoms with Crippen molar-refractivity contribution >= 4 is 5.91 Å². The normalized spacial score (nSPS) is 16.3. The number of aliphatic hydroxyl groups excluding tert-OH is 1. The van der Waals surface area contributed by atoms with Gasteiger partial charge in [-0.15, -0.1) is 0 Å². The first-order valence-corrected chi connectivity index (χ1v) is 6.52. The molecule has 0 atom stereocenters. The van der Waals surface area contributed by atoms with Crippen molar-refractivity contribution in [3.8, 4) is 0 Å². The molecular weight excluding hydrogens is 228 g/mol.